The lowest BCUT2D eigenvalue weighted by Crippen LogP contribution is -2.61. The van der Waals surface area contributed by atoms with Crippen molar-refractivity contribution < 1.29 is 4.42 Å². The Morgan fingerprint density at radius 3 is 1.53 bits per heavy atom. The fraction of sp³-hybridized carbons (Fsp3) is 0.258. The lowest BCUT2D eigenvalue weighted by Gasteiger charge is -2.46. The first-order valence-electron chi connectivity index (χ1n) is 23.9. The third-order valence-electron chi connectivity index (χ3n) is 14.5. The first-order valence-corrected chi connectivity index (χ1v) is 23.9. The largest absolute Gasteiger partial charge is 0.455 e. The Morgan fingerprint density at radius 1 is 0.394 bits per heavy atom. The van der Waals surface area contributed by atoms with Gasteiger partial charge in [-0.15, -0.1) is 0 Å². The molecule has 1 aromatic heterocycles. The van der Waals surface area contributed by atoms with E-state index in [0.717, 1.165) is 38.8 Å². The van der Waals surface area contributed by atoms with Crippen LogP contribution in [0.4, 0.5) is 34.1 Å². The van der Waals surface area contributed by atoms with Crippen LogP contribution in [0.1, 0.15) is 105 Å². The van der Waals surface area contributed by atoms with Gasteiger partial charge in [-0.3, -0.25) is 0 Å². The standard InChI is InChI=1S/C62H61BN2O/c1-59(2,3)39-26-31-52-49(34-39)63-50-35-40(60(4,5)6)27-32-53(50)65(51-33-30-48(62(10,11)12)44-18-13-14-19-45(44)51)55-37-41(61(7,8)9)36-54(57(55)63)64(52)42-28-24-38(25-29-42)43-21-17-22-47-46-20-15-16-23-56(46)66-58(43)47/h13-37H,1-12H3. The average Bonchev–Trinajstić information content (AvgIpc) is 3.66. The minimum Gasteiger partial charge on any atom is -0.455 e. The van der Waals surface area contributed by atoms with Crippen molar-refractivity contribution in [3.8, 4) is 11.1 Å². The van der Waals surface area contributed by atoms with Crippen LogP contribution in [0, 0.1) is 0 Å². The van der Waals surface area contributed by atoms with Crippen LogP contribution < -0.4 is 26.2 Å². The number of hydrogen-bond donors (Lipinski definition) is 0. The van der Waals surface area contributed by atoms with Crippen molar-refractivity contribution in [2.75, 3.05) is 9.80 Å². The molecular formula is C62H61BN2O. The van der Waals surface area contributed by atoms with Crippen molar-refractivity contribution in [3.05, 3.63) is 174 Å². The number of fused-ring (bicyclic) bond motifs is 8. The van der Waals surface area contributed by atoms with E-state index in [0.29, 0.717) is 0 Å². The molecule has 0 bridgehead atoms. The highest BCUT2D eigenvalue weighted by Gasteiger charge is 2.45. The monoisotopic (exact) mass is 860 g/mol. The Morgan fingerprint density at radius 2 is 0.924 bits per heavy atom. The fourth-order valence-corrected chi connectivity index (χ4v) is 10.8. The van der Waals surface area contributed by atoms with Crippen molar-refractivity contribution in [1.29, 1.82) is 0 Å². The predicted molar refractivity (Wildman–Crippen MR) is 285 cm³/mol. The molecule has 8 aromatic carbocycles. The summed E-state index contributed by atoms with van der Waals surface area (Å²) in [6.45, 7) is 28.1. The van der Waals surface area contributed by atoms with Crippen LogP contribution in [0.5, 0.6) is 0 Å². The Hall–Kier alpha value is -6.52. The zero-order chi connectivity index (χ0) is 46.2. The zero-order valence-corrected chi connectivity index (χ0v) is 40.8. The molecule has 3 heterocycles. The van der Waals surface area contributed by atoms with E-state index in [1.807, 2.05) is 6.07 Å². The summed E-state index contributed by atoms with van der Waals surface area (Å²) in [5.41, 5.74) is 20.5. The maximum absolute atomic E-state index is 6.54. The summed E-state index contributed by atoms with van der Waals surface area (Å²) in [6, 6.07) is 57.6. The van der Waals surface area contributed by atoms with Gasteiger partial charge in [0.1, 0.15) is 11.2 Å². The van der Waals surface area contributed by atoms with Gasteiger partial charge in [-0.2, -0.15) is 0 Å². The first kappa shape index (κ1) is 42.1. The number of benzene rings is 8. The molecule has 328 valence electrons. The van der Waals surface area contributed by atoms with E-state index in [9.17, 15) is 0 Å². The summed E-state index contributed by atoms with van der Waals surface area (Å²) in [4.78, 5) is 5.19. The van der Waals surface area contributed by atoms with Crippen LogP contribution in [-0.4, -0.2) is 6.71 Å². The highest BCUT2D eigenvalue weighted by atomic mass is 16.3. The molecule has 11 rings (SSSR count). The summed E-state index contributed by atoms with van der Waals surface area (Å²) in [5.74, 6) is 0. The number of rotatable bonds is 3. The molecule has 4 heteroatoms. The van der Waals surface area contributed by atoms with Crippen molar-refractivity contribution in [3.63, 3.8) is 0 Å². The smallest absolute Gasteiger partial charge is 0.252 e. The second-order valence-corrected chi connectivity index (χ2v) is 23.1. The van der Waals surface area contributed by atoms with Crippen molar-refractivity contribution in [1.82, 2.24) is 0 Å². The molecule has 0 N–H and O–H groups in total. The van der Waals surface area contributed by atoms with Crippen LogP contribution in [0.2, 0.25) is 0 Å². The van der Waals surface area contributed by atoms with E-state index in [1.54, 1.807) is 0 Å². The number of hydrogen-bond acceptors (Lipinski definition) is 3. The van der Waals surface area contributed by atoms with Gasteiger partial charge < -0.3 is 14.2 Å². The lowest BCUT2D eigenvalue weighted by molar-refractivity contribution is 0.590. The minimum absolute atomic E-state index is 0.0104. The van der Waals surface area contributed by atoms with E-state index in [2.05, 4.69) is 238 Å². The molecule has 2 aliphatic heterocycles. The fourth-order valence-electron chi connectivity index (χ4n) is 10.8. The number of nitrogens with zero attached hydrogens (tertiary/aromatic N) is 2. The highest BCUT2D eigenvalue weighted by Crippen LogP contribution is 2.49. The van der Waals surface area contributed by atoms with Gasteiger partial charge in [-0.1, -0.05) is 186 Å². The van der Waals surface area contributed by atoms with Gasteiger partial charge in [0.25, 0.3) is 6.71 Å². The Labute approximate surface area is 392 Å². The molecule has 3 nitrogen and oxygen atoms in total. The molecule has 9 aromatic rings. The van der Waals surface area contributed by atoms with E-state index < -0.39 is 0 Å². The Kier molecular flexibility index (Phi) is 9.25. The molecule has 0 saturated heterocycles. The molecule has 0 saturated carbocycles. The Bertz CT molecular complexity index is 3420. The lowest BCUT2D eigenvalue weighted by atomic mass is 9.33. The number of furan rings is 1. The highest BCUT2D eigenvalue weighted by molar-refractivity contribution is 7.00. The van der Waals surface area contributed by atoms with Crippen LogP contribution in [0.3, 0.4) is 0 Å². The van der Waals surface area contributed by atoms with Crippen molar-refractivity contribution >= 4 is 89.9 Å². The van der Waals surface area contributed by atoms with Gasteiger partial charge in [-0.25, -0.2) is 0 Å². The molecular weight excluding hydrogens is 800 g/mol. The molecule has 0 unspecified atom stereocenters. The molecule has 0 spiro atoms. The van der Waals surface area contributed by atoms with Gasteiger partial charge in [0.05, 0.1) is 5.69 Å². The third-order valence-corrected chi connectivity index (χ3v) is 14.5. The minimum atomic E-state index is -0.127. The molecule has 2 aliphatic rings. The van der Waals surface area contributed by atoms with Gasteiger partial charge in [-0.05, 0) is 120 Å². The average molecular weight is 861 g/mol. The second-order valence-electron chi connectivity index (χ2n) is 23.1. The molecule has 0 radical (unpaired) electrons. The SMILES string of the molecule is CC(C)(C)c1ccc2c(c1)B1c3cc(C(C)(C)C)ccc3N(c3ccc(C(C)(C)C)c4ccccc34)c3cc(C(C)(C)C)cc(c31)N2c1ccc(-c2cccc3c2oc2ccccc23)cc1. The number of anilines is 6. The van der Waals surface area contributed by atoms with Crippen LogP contribution in [0.25, 0.3) is 43.8 Å². The van der Waals surface area contributed by atoms with Gasteiger partial charge in [0.15, 0.2) is 0 Å². The predicted octanol–water partition coefficient (Wildman–Crippen LogP) is 15.7. The molecule has 0 amide bonds. The summed E-state index contributed by atoms with van der Waals surface area (Å²) < 4.78 is 6.54. The summed E-state index contributed by atoms with van der Waals surface area (Å²) in [7, 11) is 0. The van der Waals surface area contributed by atoms with E-state index in [-0.39, 0.29) is 28.4 Å². The van der Waals surface area contributed by atoms with Gasteiger partial charge >= 0.3 is 0 Å². The van der Waals surface area contributed by atoms with Crippen molar-refractivity contribution in [2.24, 2.45) is 0 Å². The molecule has 0 fully saturated rings. The zero-order valence-electron chi connectivity index (χ0n) is 40.8. The van der Waals surface area contributed by atoms with E-state index in [4.69, 9.17) is 4.42 Å². The maximum atomic E-state index is 6.54. The van der Waals surface area contributed by atoms with Crippen LogP contribution >= 0.6 is 0 Å². The molecule has 66 heavy (non-hydrogen) atoms. The van der Waals surface area contributed by atoms with Crippen molar-refractivity contribution in [2.45, 2.75) is 105 Å². The first-order chi connectivity index (χ1) is 31.3. The number of para-hydroxylation sites is 2. The third kappa shape index (κ3) is 6.62. The summed E-state index contributed by atoms with van der Waals surface area (Å²) in [6.07, 6.45) is 0. The van der Waals surface area contributed by atoms with E-state index >= 15 is 0 Å². The molecule has 0 aliphatic carbocycles. The van der Waals surface area contributed by atoms with E-state index in [1.165, 1.54) is 77.9 Å². The maximum Gasteiger partial charge on any atom is 0.252 e. The second kappa shape index (κ2) is 14.5. The quantitative estimate of drug-likeness (QED) is 0.165. The molecule has 0 atom stereocenters. The van der Waals surface area contributed by atoms with Gasteiger partial charge in [0, 0.05) is 50.2 Å². The van der Waals surface area contributed by atoms with Crippen LogP contribution in [-0.2, 0) is 21.7 Å². The normalized spacial score (nSPS) is 14.0. The van der Waals surface area contributed by atoms with Gasteiger partial charge in [0.2, 0.25) is 0 Å². The Balaban J connectivity index is 1.21. The topological polar surface area (TPSA) is 19.6 Å². The summed E-state index contributed by atoms with van der Waals surface area (Å²) >= 11 is 0. The van der Waals surface area contributed by atoms with Crippen LogP contribution in [0.15, 0.2) is 156 Å². The summed E-state index contributed by atoms with van der Waals surface area (Å²) in [5, 5.41) is 4.86.